The molecule has 1 aliphatic rings. The Labute approximate surface area is 133 Å². The van der Waals surface area contributed by atoms with E-state index in [1.165, 1.54) is 7.11 Å². The average molecular weight is 327 g/mol. The number of piperidine rings is 1. The van der Waals surface area contributed by atoms with E-state index in [2.05, 4.69) is 4.74 Å². The first-order chi connectivity index (χ1) is 11.0. The van der Waals surface area contributed by atoms with Crippen molar-refractivity contribution in [1.82, 2.24) is 4.90 Å². The van der Waals surface area contributed by atoms with Crippen LogP contribution in [0.1, 0.15) is 18.4 Å². The number of hydrogen-bond acceptors (Lipinski definition) is 4. The van der Waals surface area contributed by atoms with E-state index in [0.717, 1.165) is 10.5 Å². The molecule has 1 aliphatic heterocycles. The highest BCUT2D eigenvalue weighted by Gasteiger charge is 2.40. The zero-order valence-corrected chi connectivity index (χ0v) is 12.8. The molecule has 0 aliphatic carbocycles. The molecule has 0 saturated carbocycles. The molecular weight excluding hydrogens is 308 g/mol. The number of halogens is 2. The maximum Gasteiger partial charge on any atom is 0.410 e. The van der Waals surface area contributed by atoms with Gasteiger partial charge in [-0.05, 0) is 18.4 Å². The first-order valence-electron chi connectivity index (χ1n) is 7.36. The van der Waals surface area contributed by atoms with E-state index in [1.807, 2.05) is 6.07 Å². The van der Waals surface area contributed by atoms with Crippen LogP contribution in [-0.4, -0.2) is 43.1 Å². The van der Waals surface area contributed by atoms with Gasteiger partial charge in [0.2, 0.25) is 0 Å². The van der Waals surface area contributed by atoms with Crippen molar-refractivity contribution in [1.29, 1.82) is 0 Å². The van der Waals surface area contributed by atoms with Gasteiger partial charge in [0.05, 0.1) is 19.1 Å². The molecule has 1 fully saturated rings. The highest BCUT2D eigenvalue weighted by atomic mass is 19.3. The fraction of sp³-hybridized carbons (Fsp3) is 0.500. The molecule has 0 unspecified atom stereocenters. The summed E-state index contributed by atoms with van der Waals surface area (Å²) in [5.41, 5.74) is 0.760. The molecular formula is C16H19F2NO4. The molecule has 0 N–H and O–H groups in total. The van der Waals surface area contributed by atoms with Crippen molar-refractivity contribution in [3.05, 3.63) is 35.9 Å². The minimum Gasteiger partial charge on any atom is -0.469 e. The van der Waals surface area contributed by atoms with E-state index in [0.29, 0.717) is 0 Å². The number of ether oxygens (including phenoxy) is 2. The Kier molecular flexibility index (Phi) is 5.90. The van der Waals surface area contributed by atoms with Gasteiger partial charge in [0, 0.05) is 6.54 Å². The first kappa shape index (κ1) is 17.2. The molecule has 126 valence electrons. The number of amides is 1. The summed E-state index contributed by atoms with van der Waals surface area (Å²) in [6, 6.07) is 7.71. The van der Waals surface area contributed by atoms with Crippen LogP contribution in [0.25, 0.3) is 0 Å². The molecule has 1 aromatic carbocycles. The summed E-state index contributed by atoms with van der Waals surface area (Å²) in [4.78, 5) is 24.7. The maximum absolute atomic E-state index is 13.1. The van der Waals surface area contributed by atoms with Crippen molar-refractivity contribution in [2.45, 2.75) is 31.9 Å². The number of benzene rings is 1. The molecule has 2 atom stereocenters. The van der Waals surface area contributed by atoms with Crippen LogP contribution in [-0.2, 0) is 20.9 Å². The fourth-order valence-corrected chi connectivity index (χ4v) is 2.63. The third-order valence-corrected chi connectivity index (χ3v) is 3.89. The second-order valence-corrected chi connectivity index (χ2v) is 5.39. The summed E-state index contributed by atoms with van der Waals surface area (Å²) in [6.07, 6.45) is -3.22. The molecule has 5 nitrogen and oxygen atoms in total. The first-order valence-corrected chi connectivity index (χ1v) is 7.36. The zero-order chi connectivity index (χ0) is 16.8. The van der Waals surface area contributed by atoms with Crippen LogP contribution >= 0.6 is 0 Å². The van der Waals surface area contributed by atoms with Crippen molar-refractivity contribution in [3.63, 3.8) is 0 Å². The lowest BCUT2D eigenvalue weighted by Gasteiger charge is -2.37. The lowest BCUT2D eigenvalue weighted by molar-refractivity contribution is -0.148. The Hall–Kier alpha value is -2.18. The molecule has 7 heteroatoms. The third-order valence-electron chi connectivity index (χ3n) is 3.89. The second kappa shape index (κ2) is 7.89. The zero-order valence-electron chi connectivity index (χ0n) is 12.8. The summed E-state index contributed by atoms with van der Waals surface area (Å²) in [5, 5.41) is 0. The van der Waals surface area contributed by atoms with E-state index in [1.54, 1.807) is 24.3 Å². The normalized spacial score (nSPS) is 21.1. The van der Waals surface area contributed by atoms with E-state index >= 15 is 0 Å². The van der Waals surface area contributed by atoms with Gasteiger partial charge in [0.1, 0.15) is 6.61 Å². The number of methoxy groups -OCH3 is 1. The van der Waals surface area contributed by atoms with Gasteiger partial charge in [-0.15, -0.1) is 0 Å². The van der Waals surface area contributed by atoms with Crippen LogP contribution in [0, 0.1) is 5.92 Å². The number of rotatable bonds is 4. The number of carbonyl (C=O) groups is 2. The quantitative estimate of drug-likeness (QED) is 0.798. The number of likely N-dealkylation sites (tertiary alicyclic amines) is 1. The molecule has 0 radical (unpaired) electrons. The van der Waals surface area contributed by atoms with Crippen molar-refractivity contribution >= 4 is 12.1 Å². The standard InChI is InChI=1S/C16H19F2NO4/c1-22-15(20)12-7-8-13(14(17)18)19(9-12)16(21)23-10-11-5-3-2-4-6-11/h2-6,12-14H,7-10H2,1H3/t12-,13-/m0/s1. The van der Waals surface area contributed by atoms with E-state index in [9.17, 15) is 18.4 Å². The lowest BCUT2D eigenvalue weighted by Crippen LogP contribution is -2.51. The van der Waals surface area contributed by atoms with Gasteiger partial charge in [-0.1, -0.05) is 30.3 Å². The van der Waals surface area contributed by atoms with Crippen LogP contribution in [0.4, 0.5) is 13.6 Å². The van der Waals surface area contributed by atoms with Crippen LogP contribution in [0.3, 0.4) is 0 Å². The van der Waals surface area contributed by atoms with Gasteiger partial charge >= 0.3 is 12.1 Å². The maximum atomic E-state index is 13.1. The van der Waals surface area contributed by atoms with Crippen molar-refractivity contribution in [2.24, 2.45) is 5.92 Å². The highest BCUT2D eigenvalue weighted by Crippen LogP contribution is 2.27. The molecule has 0 bridgehead atoms. The third kappa shape index (κ3) is 4.40. The molecule has 1 saturated heterocycles. The SMILES string of the molecule is COC(=O)[C@H]1CC[C@@H](C(F)F)N(C(=O)OCc2ccccc2)C1. The second-order valence-electron chi connectivity index (χ2n) is 5.39. The molecule has 1 aromatic rings. The Morgan fingerprint density at radius 3 is 2.57 bits per heavy atom. The molecule has 23 heavy (non-hydrogen) atoms. The molecule has 1 amide bonds. The number of hydrogen-bond donors (Lipinski definition) is 0. The predicted molar refractivity (Wildman–Crippen MR) is 77.9 cm³/mol. The highest BCUT2D eigenvalue weighted by molar-refractivity contribution is 5.75. The van der Waals surface area contributed by atoms with E-state index in [4.69, 9.17) is 4.74 Å². The van der Waals surface area contributed by atoms with Gasteiger partial charge in [0.25, 0.3) is 6.43 Å². The van der Waals surface area contributed by atoms with Crippen LogP contribution in [0.15, 0.2) is 30.3 Å². The minimum atomic E-state index is -2.68. The number of nitrogens with zero attached hydrogens (tertiary/aromatic N) is 1. The topological polar surface area (TPSA) is 55.8 Å². The van der Waals surface area contributed by atoms with Crippen LogP contribution in [0.5, 0.6) is 0 Å². The Balaban J connectivity index is 2.01. The lowest BCUT2D eigenvalue weighted by atomic mass is 9.93. The smallest absolute Gasteiger partial charge is 0.410 e. The fourth-order valence-electron chi connectivity index (χ4n) is 2.63. The van der Waals surface area contributed by atoms with E-state index in [-0.39, 0.29) is 26.0 Å². The van der Waals surface area contributed by atoms with Gasteiger partial charge in [-0.2, -0.15) is 0 Å². The molecule has 1 heterocycles. The molecule has 0 spiro atoms. The van der Waals surface area contributed by atoms with Gasteiger partial charge in [-0.3, -0.25) is 9.69 Å². The number of carbonyl (C=O) groups excluding carboxylic acids is 2. The Morgan fingerprint density at radius 1 is 1.26 bits per heavy atom. The van der Waals surface area contributed by atoms with Gasteiger partial charge in [-0.25, -0.2) is 13.6 Å². The summed E-state index contributed by atoms with van der Waals surface area (Å²) in [7, 11) is 1.24. The van der Waals surface area contributed by atoms with Crippen molar-refractivity contribution < 1.29 is 27.8 Å². The number of esters is 1. The van der Waals surface area contributed by atoms with Crippen molar-refractivity contribution in [3.8, 4) is 0 Å². The van der Waals surface area contributed by atoms with Crippen molar-refractivity contribution in [2.75, 3.05) is 13.7 Å². The summed E-state index contributed by atoms with van der Waals surface area (Å²) in [5.74, 6) is -1.10. The average Bonchev–Trinajstić information content (AvgIpc) is 2.59. The number of alkyl halides is 2. The van der Waals surface area contributed by atoms with E-state index < -0.39 is 30.4 Å². The molecule has 2 rings (SSSR count). The summed E-state index contributed by atoms with van der Waals surface area (Å²) >= 11 is 0. The predicted octanol–water partition coefficient (Wildman–Crippen LogP) is 2.84. The largest absolute Gasteiger partial charge is 0.469 e. The van der Waals surface area contributed by atoms with Crippen LogP contribution < -0.4 is 0 Å². The summed E-state index contributed by atoms with van der Waals surface area (Å²) < 4.78 is 36.0. The monoisotopic (exact) mass is 327 g/mol. The summed E-state index contributed by atoms with van der Waals surface area (Å²) in [6.45, 7) is -0.121. The van der Waals surface area contributed by atoms with Gasteiger partial charge < -0.3 is 9.47 Å². The van der Waals surface area contributed by atoms with Gasteiger partial charge in [0.15, 0.2) is 0 Å². The Bertz CT molecular complexity index is 538. The minimum absolute atomic E-state index is 0.00494. The Morgan fingerprint density at radius 2 is 1.96 bits per heavy atom. The molecule has 0 aromatic heterocycles. The van der Waals surface area contributed by atoms with Crippen LogP contribution in [0.2, 0.25) is 0 Å².